The quantitative estimate of drug-likeness (QED) is 0.551. The molecule has 0 amide bonds. The van der Waals surface area contributed by atoms with Gasteiger partial charge in [0.05, 0.1) is 6.20 Å². The number of anilines is 1. The first-order valence-corrected chi connectivity index (χ1v) is 10.9. The van der Waals surface area contributed by atoms with Gasteiger partial charge in [-0.2, -0.15) is 0 Å². The topological polar surface area (TPSA) is 109 Å². The summed E-state index contributed by atoms with van der Waals surface area (Å²) in [4.78, 5) is 16.2. The Morgan fingerprint density at radius 2 is 2.12 bits per heavy atom. The van der Waals surface area contributed by atoms with Gasteiger partial charge in [0.15, 0.2) is 5.75 Å². The van der Waals surface area contributed by atoms with Gasteiger partial charge in [-0.25, -0.2) is 9.97 Å². The lowest BCUT2D eigenvalue weighted by Gasteiger charge is -2.13. The van der Waals surface area contributed by atoms with Crippen LogP contribution in [0.5, 0.6) is 5.75 Å². The number of nitrogens with two attached hydrogens (primary N) is 1. The lowest BCUT2D eigenvalue weighted by Crippen LogP contribution is -2.20. The standard InChI is InChI=1S/C25H25N5O2/c26-24-29-15-22(32-16-18-4-3-11-27-13-18)23(30-24)20-14-28-21-6-5-17(12-19(20)21)7-10-25(31)8-1-2-9-25/h4-6,12-15,28,31H,1-3,8-9,11,16H2,(H2,26,29,30). The molecule has 0 unspecified atom stereocenters. The van der Waals surface area contributed by atoms with E-state index in [1.165, 1.54) is 0 Å². The average Bonchev–Trinajstić information content (AvgIpc) is 3.44. The molecular formula is C25H25N5O2. The molecule has 1 aliphatic heterocycles. The van der Waals surface area contributed by atoms with Gasteiger partial charge < -0.3 is 20.6 Å². The number of hydrogen-bond acceptors (Lipinski definition) is 6. The number of dihydropyridines is 1. The average molecular weight is 428 g/mol. The first-order chi connectivity index (χ1) is 15.6. The van der Waals surface area contributed by atoms with Crippen LogP contribution in [0.25, 0.3) is 22.2 Å². The van der Waals surface area contributed by atoms with Crippen LogP contribution in [0, 0.1) is 11.8 Å². The lowest BCUT2D eigenvalue weighted by atomic mass is 10.0. The summed E-state index contributed by atoms with van der Waals surface area (Å²) < 4.78 is 6.05. The molecule has 7 nitrogen and oxygen atoms in total. The lowest BCUT2D eigenvalue weighted by molar-refractivity contribution is 0.110. The Kier molecular flexibility index (Phi) is 5.38. The van der Waals surface area contributed by atoms with Crippen molar-refractivity contribution in [3.63, 3.8) is 0 Å². The number of aromatic nitrogens is 3. The van der Waals surface area contributed by atoms with Gasteiger partial charge in [-0.15, -0.1) is 0 Å². The van der Waals surface area contributed by atoms with E-state index in [0.717, 1.165) is 66.3 Å². The summed E-state index contributed by atoms with van der Waals surface area (Å²) in [7, 11) is 0. The monoisotopic (exact) mass is 427 g/mol. The molecule has 0 atom stereocenters. The number of aliphatic imine (C=N–C) groups is 1. The van der Waals surface area contributed by atoms with E-state index in [1.807, 2.05) is 30.6 Å². The molecule has 2 aliphatic rings. The normalized spacial score (nSPS) is 17.1. The van der Waals surface area contributed by atoms with Crippen LogP contribution in [0.15, 0.2) is 47.2 Å². The molecule has 162 valence electrons. The highest BCUT2D eigenvalue weighted by Crippen LogP contribution is 2.34. The van der Waals surface area contributed by atoms with Gasteiger partial charge in [0.2, 0.25) is 5.95 Å². The molecule has 0 saturated heterocycles. The maximum absolute atomic E-state index is 10.6. The van der Waals surface area contributed by atoms with E-state index in [-0.39, 0.29) is 5.95 Å². The van der Waals surface area contributed by atoms with Crippen molar-refractivity contribution in [1.82, 2.24) is 15.0 Å². The molecule has 3 aromatic rings. The number of nitrogens with zero attached hydrogens (tertiary/aromatic N) is 3. The molecule has 1 fully saturated rings. The molecule has 2 aromatic heterocycles. The third-order valence-corrected chi connectivity index (χ3v) is 5.90. The zero-order valence-electron chi connectivity index (χ0n) is 17.8. The second kappa shape index (κ2) is 8.48. The molecule has 5 rings (SSSR count). The van der Waals surface area contributed by atoms with Gasteiger partial charge in [0.25, 0.3) is 0 Å². The van der Waals surface area contributed by atoms with Gasteiger partial charge in [0, 0.05) is 46.6 Å². The van der Waals surface area contributed by atoms with Crippen LogP contribution in [0.4, 0.5) is 5.95 Å². The molecule has 32 heavy (non-hydrogen) atoms. The zero-order valence-corrected chi connectivity index (χ0v) is 17.8. The van der Waals surface area contributed by atoms with E-state index < -0.39 is 5.60 Å². The molecule has 4 N–H and O–H groups in total. The Balaban J connectivity index is 1.49. The van der Waals surface area contributed by atoms with E-state index >= 15 is 0 Å². The van der Waals surface area contributed by atoms with E-state index in [9.17, 15) is 5.11 Å². The molecular weight excluding hydrogens is 402 g/mol. The Labute approximate surface area is 186 Å². The van der Waals surface area contributed by atoms with Crippen LogP contribution in [0.3, 0.4) is 0 Å². The molecule has 0 radical (unpaired) electrons. The SMILES string of the molecule is Nc1ncc(OCC2=CCCN=C2)c(-c2c[nH]c3ccc(C#CC4(O)CCCC4)cc23)n1. The van der Waals surface area contributed by atoms with E-state index in [4.69, 9.17) is 10.5 Å². The molecule has 1 aliphatic carbocycles. The number of rotatable bonds is 4. The summed E-state index contributed by atoms with van der Waals surface area (Å²) in [5, 5.41) is 11.5. The Hall–Kier alpha value is -3.63. The second-order valence-electron chi connectivity index (χ2n) is 8.28. The van der Waals surface area contributed by atoms with Crippen molar-refractivity contribution >= 4 is 23.1 Å². The molecule has 0 bridgehead atoms. The second-order valence-corrected chi connectivity index (χ2v) is 8.28. The largest absolute Gasteiger partial charge is 0.485 e. The van der Waals surface area contributed by atoms with Gasteiger partial charge in [-0.1, -0.05) is 17.9 Å². The summed E-state index contributed by atoms with van der Waals surface area (Å²) in [5.41, 5.74) is 9.35. The van der Waals surface area contributed by atoms with Crippen LogP contribution in [-0.2, 0) is 0 Å². The number of hydrogen-bond donors (Lipinski definition) is 3. The van der Waals surface area contributed by atoms with Gasteiger partial charge in [-0.05, 0) is 50.3 Å². The smallest absolute Gasteiger partial charge is 0.220 e. The Morgan fingerprint density at radius 1 is 1.25 bits per heavy atom. The van der Waals surface area contributed by atoms with Gasteiger partial charge in [-0.3, -0.25) is 4.99 Å². The third-order valence-electron chi connectivity index (χ3n) is 5.90. The van der Waals surface area contributed by atoms with Crippen LogP contribution >= 0.6 is 0 Å². The van der Waals surface area contributed by atoms with Crippen molar-refractivity contribution in [1.29, 1.82) is 0 Å². The fourth-order valence-corrected chi connectivity index (χ4v) is 4.17. The zero-order chi connectivity index (χ0) is 22.0. The molecule has 7 heteroatoms. The Bertz CT molecular complexity index is 1270. The van der Waals surface area contributed by atoms with E-state index in [2.05, 4.69) is 37.9 Å². The minimum atomic E-state index is -0.866. The van der Waals surface area contributed by atoms with Gasteiger partial charge in [0.1, 0.15) is 17.9 Å². The van der Waals surface area contributed by atoms with Crippen molar-refractivity contribution in [2.75, 3.05) is 18.9 Å². The number of fused-ring (bicyclic) bond motifs is 1. The minimum Gasteiger partial charge on any atom is -0.485 e. The van der Waals surface area contributed by atoms with Crippen molar-refractivity contribution in [2.45, 2.75) is 37.7 Å². The maximum Gasteiger partial charge on any atom is 0.220 e. The number of H-pyrrole nitrogens is 1. The molecule has 1 aromatic carbocycles. The number of nitrogens with one attached hydrogen (secondary N) is 1. The molecule has 1 saturated carbocycles. The third kappa shape index (κ3) is 4.23. The fourth-order valence-electron chi connectivity index (χ4n) is 4.17. The summed E-state index contributed by atoms with van der Waals surface area (Å²) in [6, 6.07) is 5.94. The molecule has 0 spiro atoms. The summed E-state index contributed by atoms with van der Waals surface area (Å²) in [5.74, 6) is 6.96. The summed E-state index contributed by atoms with van der Waals surface area (Å²) in [6.45, 7) is 1.21. The number of benzene rings is 1. The van der Waals surface area contributed by atoms with Crippen LogP contribution in [0.2, 0.25) is 0 Å². The maximum atomic E-state index is 10.6. The highest BCUT2D eigenvalue weighted by molar-refractivity contribution is 5.96. The number of ether oxygens (including phenoxy) is 1. The highest BCUT2D eigenvalue weighted by Gasteiger charge is 2.28. The minimum absolute atomic E-state index is 0.180. The summed E-state index contributed by atoms with van der Waals surface area (Å²) in [6.07, 6.45) is 11.9. The van der Waals surface area contributed by atoms with Gasteiger partial charge >= 0.3 is 0 Å². The van der Waals surface area contributed by atoms with Crippen molar-refractivity contribution < 1.29 is 9.84 Å². The first kappa shape index (κ1) is 20.3. The molecule has 3 heterocycles. The van der Waals surface area contributed by atoms with E-state index in [0.29, 0.717) is 18.1 Å². The van der Waals surface area contributed by atoms with Crippen LogP contribution < -0.4 is 10.5 Å². The van der Waals surface area contributed by atoms with Crippen molar-refractivity contribution in [3.05, 3.63) is 47.8 Å². The van der Waals surface area contributed by atoms with Crippen LogP contribution in [-0.4, -0.2) is 45.0 Å². The van der Waals surface area contributed by atoms with Crippen molar-refractivity contribution in [2.24, 2.45) is 4.99 Å². The Morgan fingerprint density at radius 3 is 2.94 bits per heavy atom. The number of nitrogen functional groups attached to an aromatic ring is 1. The highest BCUT2D eigenvalue weighted by atomic mass is 16.5. The van der Waals surface area contributed by atoms with Crippen LogP contribution in [0.1, 0.15) is 37.7 Å². The predicted molar refractivity (Wildman–Crippen MR) is 126 cm³/mol. The van der Waals surface area contributed by atoms with E-state index in [1.54, 1.807) is 6.20 Å². The fraction of sp³-hybridized carbons (Fsp3) is 0.320. The number of aliphatic hydroxyl groups is 1. The first-order valence-electron chi connectivity index (χ1n) is 10.9. The summed E-state index contributed by atoms with van der Waals surface area (Å²) >= 11 is 0. The predicted octanol–water partition coefficient (Wildman–Crippen LogP) is 3.64. The number of aromatic amines is 1. The van der Waals surface area contributed by atoms with Crippen molar-refractivity contribution in [3.8, 4) is 28.8 Å².